The Morgan fingerprint density at radius 1 is 1.09 bits per heavy atom. The number of methoxy groups -OCH3 is 2. The van der Waals surface area contributed by atoms with Gasteiger partial charge < -0.3 is 14.4 Å². The van der Waals surface area contributed by atoms with Gasteiger partial charge in [0.15, 0.2) is 0 Å². The molecule has 1 atom stereocenters. The van der Waals surface area contributed by atoms with E-state index in [9.17, 15) is 9.18 Å². The van der Waals surface area contributed by atoms with Gasteiger partial charge in [0, 0.05) is 49.8 Å². The lowest BCUT2D eigenvalue weighted by molar-refractivity contribution is -0.134. The molecule has 2 aromatic carbocycles. The Bertz CT molecular complexity index is 1000. The molecule has 0 radical (unpaired) electrons. The molecule has 170 valence electrons. The van der Waals surface area contributed by atoms with E-state index < -0.39 is 0 Å². The van der Waals surface area contributed by atoms with Gasteiger partial charge in [-0.3, -0.25) is 9.69 Å². The van der Waals surface area contributed by atoms with Gasteiger partial charge in [-0.2, -0.15) is 5.10 Å². The Morgan fingerprint density at radius 3 is 2.53 bits per heavy atom. The highest BCUT2D eigenvalue weighted by Gasteiger charge is 2.36. The van der Waals surface area contributed by atoms with Crippen molar-refractivity contribution in [2.24, 2.45) is 5.10 Å². The van der Waals surface area contributed by atoms with Crippen molar-refractivity contribution in [3.05, 3.63) is 59.4 Å². The topological polar surface area (TPSA) is 57.6 Å². The minimum absolute atomic E-state index is 0.108. The summed E-state index contributed by atoms with van der Waals surface area (Å²) in [6.07, 6.45) is 0.401. The number of carbonyl (C=O) groups excluding carboxylic acids is 1. The van der Waals surface area contributed by atoms with Gasteiger partial charge in [0.1, 0.15) is 17.3 Å². The van der Waals surface area contributed by atoms with Crippen LogP contribution in [-0.4, -0.2) is 80.4 Å². The molecule has 32 heavy (non-hydrogen) atoms. The highest BCUT2D eigenvalue weighted by Crippen LogP contribution is 2.39. The number of piperazine rings is 1. The van der Waals surface area contributed by atoms with Gasteiger partial charge in [-0.1, -0.05) is 18.2 Å². The summed E-state index contributed by atoms with van der Waals surface area (Å²) in [6.45, 7) is 3.78. The minimum atomic E-state index is -0.384. The van der Waals surface area contributed by atoms with Gasteiger partial charge in [-0.15, -0.1) is 0 Å². The van der Waals surface area contributed by atoms with E-state index in [4.69, 9.17) is 9.47 Å². The van der Waals surface area contributed by atoms with Gasteiger partial charge >= 0.3 is 0 Å². The molecule has 1 amide bonds. The molecule has 7 nitrogen and oxygen atoms in total. The smallest absolute Gasteiger partial charge is 0.257 e. The second-order valence-corrected chi connectivity index (χ2v) is 8.17. The van der Waals surface area contributed by atoms with Gasteiger partial charge in [-0.05, 0) is 25.2 Å². The highest BCUT2D eigenvalue weighted by atomic mass is 19.1. The van der Waals surface area contributed by atoms with Gasteiger partial charge in [0.05, 0.1) is 32.5 Å². The van der Waals surface area contributed by atoms with Crippen LogP contribution >= 0.6 is 0 Å². The van der Waals surface area contributed by atoms with Crippen LogP contribution in [0.15, 0.2) is 47.6 Å². The Hall–Kier alpha value is -2.97. The molecule has 0 spiro atoms. The summed E-state index contributed by atoms with van der Waals surface area (Å²) in [6, 6.07) is 11.7. The van der Waals surface area contributed by atoms with E-state index in [-0.39, 0.29) is 24.3 Å². The SMILES string of the molecule is COc1ccc([C@@H]2CC(c3ccccc3F)=NN2C(=O)CN2CCN(C)CC2)c(OC)c1. The molecule has 2 heterocycles. The van der Waals surface area contributed by atoms with E-state index in [0.717, 1.165) is 31.7 Å². The van der Waals surface area contributed by atoms with Crippen molar-refractivity contribution >= 4 is 11.6 Å². The molecule has 1 fully saturated rings. The Kier molecular flexibility index (Phi) is 6.72. The molecule has 0 bridgehead atoms. The van der Waals surface area contributed by atoms with Crippen molar-refractivity contribution in [3.8, 4) is 11.5 Å². The molecule has 0 unspecified atom stereocenters. The van der Waals surface area contributed by atoms with Gasteiger partial charge in [-0.25, -0.2) is 9.40 Å². The van der Waals surface area contributed by atoms with Crippen molar-refractivity contribution in [1.82, 2.24) is 14.8 Å². The molecule has 2 aliphatic heterocycles. The summed E-state index contributed by atoms with van der Waals surface area (Å²) in [7, 11) is 5.26. The minimum Gasteiger partial charge on any atom is -0.497 e. The fraction of sp³-hybridized carbons (Fsp3) is 0.417. The van der Waals surface area contributed by atoms with Crippen LogP contribution in [0.3, 0.4) is 0 Å². The van der Waals surface area contributed by atoms with Crippen LogP contribution in [0.5, 0.6) is 11.5 Å². The Labute approximate surface area is 188 Å². The maximum Gasteiger partial charge on any atom is 0.257 e. The molecule has 0 aromatic heterocycles. The van der Waals surface area contributed by atoms with E-state index in [1.54, 1.807) is 38.5 Å². The van der Waals surface area contributed by atoms with Crippen molar-refractivity contribution < 1.29 is 18.7 Å². The number of hydrazone groups is 1. The number of carbonyl (C=O) groups is 1. The average molecular weight is 441 g/mol. The third-order valence-electron chi connectivity index (χ3n) is 6.11. The van der Waals surface area contributed by atoms with Crippen LogP contribution in [0.1, 0.15) is 23.6 Å². The maximum atomic E-state index is 14.5. The summed E-state index contributed by atoms with van der Waals surface area (Å²) >= 11 is 0. The zero-order chi connectivity index (χ0) is 22.7. The first kappa shape index (κ1) is 22.2. The zero-order valence-electron chi connectivity index (χ0n) is 18.8. The summed E-state index contributed by atoms with van der Waals surface area (Å²) < 4.78 is 25.4. The highest BCUT2D eigenvalue weighted by molar-refractivity contribution is 6.03. The third kappa shape index (κ3) is 4.61. The van der Waals surface area contributed by atoms with Crippen molar-refractivity contribution in [3.63, 3.8) is 0 Å². The molecule has 8 heteroatoms. The summed E-state index contributed by atoms with van der Waals surface area (Å²) in [5, 5.41) is 6.12. The van der Waals surface area contributed by atoms with Crippen LogP contribution in [0.2, 0.25) is 0 Å². The lowest BCUT2D eigenvalue weighted by atomic mass is 9.97. The Balaban J connectivity index is 1.65. The molecule has 1 saturated heterocycles. The van der Waals surface area contributed by atoms with E-state index >= 15 is 0 Å². The lowest BCUT2D eigenvalue weighted by Gasteiger charge is -2.33. The molecular formula is C24H29FN4O3. The van der Waals surface area contributed by atoms with Crippen LogP contribution in [0.25, 0.3) is 0 Å². The lowest BCUT2D eigenvalue weighted by Crippen LogP contribution is -2.48. The van der Waals surface area contributed by atoms with Crippen molar-refractivity contribution in [2.75, 3.05) is 54.0 Å². The summed E-state index contributed by atoms with van der Waals surface area (Å²) in [5.41, 5.74) is 1.78. The quantitative estimate of drug-likeness (QED) is 0.692. The molecule has 2 aliphatic rings. The maximum absolute atomic E-state index is 14.5. The number of halogens is 1. The summed E-state index contributed by atoms with van der Waals surface area (Å²) in [5.74, 6) is 0.815. The molecule has 4 rings (SSSR count). The predicted molar refractivity (Wildman–Crippen MR) is 121 cm³/mol. The van der Waals surface area contributed by atoms with E-state index in [1.165, 1.54) is 11.1 Å². The fourth-order valence-electron chi connectivity index (χ4n) is 4.20. The number of rotatable bonds is 6. The fourth-order valence-corrected chi connectivity index (χ4v) is 4.20. The number of hydrogen-bond donors (Lipinski definition) is 0. The third-order valence-corrected chi connectivity index (χ3v) is 6.11. The van der Waals surface area contributed by atoms with Crippen LogP contribution in [0.4, 0.5) is 4.39 Å². The first-order valence-corrected chi connectivity index (χ1v) is 10.8. The first-order valence-electron chi connectivity index (χ1n) is 10.8. The largest absolute Gasteiger partial charge is 0.497 e. The number of hydrogen-bond acceptors (Lipinski definition) is 6. The summed E-state index contributed by atoms with van der Waals surface area (Å²) in [4.78, 5) is 17.8. The molecule has 0 aliphatic carbocycles. The number of amides is 1. The second-order valence-electron chi connectivity index (χ2n) is 8.17. The van der Waals surface area contributed by atoms with E-state index in [1.807, 2.05) is 12.1 Å². The number of nitrogens with zero attached hydrogens (tertiary/aromatic N) is 4. The number of ether oxygens (including phenoxy) is 2. The van der Waals surface area contributed by atoms with Gasteiger partial charge in [0.2, 0.25) is 0 Å². The Morgan fingerprint density at radius 2 is 1.84 bits per heavy atom. The average Bonchev–Trinajstić information content (AvgIpc) is 3.25. The molecule has 0 saturated carbocycles. The van der Waals surface area contributed by atoms with E-state index in [0.29, 0.717) is 29.2 Å². The van der Waals surface area contributed by atoms with Crippen molar-refractivity contribution in [2.45, 2.75) is 12.5 Å². The van der Waals surface area contributed by atoms with Crippen LogP contribution in [-0.2, 0) is 4.79 Å². The van der Waals surface area contributed by atoms with E-state index in [2.05, 4.69) is 21.9 Å². The first-order chi connectivity index (χ1) is 15.5. The standard InChI is InChI=1S/C24H29FN4O3/c1-27-10-12-28(13-11-27)16-24(30)29-22(19-9-8-17(31-2)14-23(19)32-3)15-21(26-29)18-6-4-5-7-20(18)25/h4-9,14,22H,10-13,15-16H2,1-3H3/t22-/m0/s1. The van der Waals surface area contributed by atoms with Crippen LogP contribution < -0.4 is 9.47 Å². The van der Waals surface area contributed by atoms with Gasteiger partial charge in [0.25, 0.3) is 5.91 Å². The molecule has 0 N–H and O–H groups in total. The van der Waals surface area contributed by atoms with Crippen LogP contribution in [0, 0.1) is 5.82 Å². The second kappa shape index (κ2) is 9.67. The van der Waals surface area contributed by atoms with Crippen molar-refractivity contribution in [1.29, 1.82) is 0 Å². The predicted octanol–water partition coefficient (Wildman–Crippen LogP) is 2.77. The monoisotopic (exact) mass is 440 g/mol. The zero-order valence-corrected chi connectivity index (χ0v) is 18.8. The number of benzene rings is 2. The molecular weight excluding hydrogens is 411 g/mol. The number of likely N-dealkylation sites (N-methyl/N-ethyl adjacent to an activating group) is 1. The molecule has 2 aromatic rings. The normalized spacial score (nSPS) is 19.7.